The van der Waals surface area contributed by atoms with Crippen LogP contribution in [-0.2, 0) is 11.2 Å². The molecule has 1 aromatic carbocycles. The summed E-state index contributed by atoms with van der Waals surface area (Å²) in [6.07, 6.45) is 6.05. The maximum atomic E-state index is 11.8. The Labute approximate surface area is 124 Å². The number of para-hydroxylation sites is 1. The van der Waals surface area contributed by atoms with Gasteiger partial charge in [-0.1, -0.05) is 37.8 Å². The summed E-state index contributed by atoms with van der Waals surface area (Å²) in [6.45, 7) is 1.98. The van der Waals surface area contributed by atoms with Crippen LogP contribution in [0, 0.1) is 12.3 Å². The van der Waals surface area contributed by atoms with Crippen molar-refractivity contribution in [2.24, 2.45) is 5.41 Å². The molecule has 112 valence electrons. The molecule has 1 N–H and O–H groups in total. The molecule has 0 spiro atoms. The molecule has 3 rings (SSSR count). The Morgan fingerprint density at radius 2 is 2.00 bits per heavy atom. The van der Waals surface area contributed by atoms with Gasteiger partial charge in [0.2, 0.25) is 0 Å². The Balaban J connectivity index is 1.94. The molecule has 1 aromatic heterocycles. The molecular formula is C17H21NO3. The number of hydrogen-bond donors (Lipinski definition) is 1. The van der Waals surface area contributed by atoms with Crippen LogP contribution in [0.15, 0.2) is 22.6 Å². The summed E-state index contributed by atoms with van der Waals surface area (Å²) >= 11 is 0. The topological polar surface area (TPSA) is 63.3 Å². The second-order valence-electron chi connectivity index (χ2n) is 6.21. The fourth-order valence-electron chi connectivity index (χ4n) is 3.37. The lowest BCUT2D eigenvalue weighted by Crippen LogP contribution is -2.33. The number of rotatable bonds is 3. The molecule has 4 nitrogen and oxygen atoms in total. The van der Waals surface area contributed by atoms with E-state index in [1.165, 1.54) is 0 Å². The molecule has 1 aliphatic carbocycles. The van der Waals surface area contributed by atoms with Crippen molar-refractivity contribution in [1.82, 2.24) is 4.98 Å². The summed E-state index contributed by atoms with van der Waals surface area (Å²) in [5.74, 6) is -0.146. The zero-order chi connectivity index (χ0) is 14.9. The predicted molar refractivity (Wildman–Crippen MR) is 80.2 cm³/mol. The molecule has 0 saturated heterocycles. The Morgan fingerprint density at radius 3 is 2.62 bits per heavy atom. The van der Waals surface area contributed by atoms with E-state index in [-0.39, 0.29) is 0 Å². The molecule has 1 fully saturated rings. The number of fused-ring (bicyclic) bond motifs is 1. The van der Waals surface area contributed by atoms with Gasteiger partial charge >= 0.3 is 5.97 Å². The van der Waals surface area contributed by atoms with E-state index < -0.39 is 11.4 Å². The first-order valence-corrected chi connectivity index (χ1v) is 7.69. The number of benzene rings is 1. The van der Waals surface area contributed by atoms with Gasteiger partial charge in [0, 0.05) is 6.42 Å². The Bertz CT molecular complexity index is 651. The molecule has 2 aromatic rings. The second kappa shape index (κ2) is 5.51. The highest BCUT2D eigenvalue weighted by molar-refractivity contribution is 5.77. The summed E-state index contributed by atoms with van der Waals surface area (Å²) in [5, 5.41) is 9.74. The van der Waals surface area contributed by atoms with Crippen LogP contribution >= 0.6 is 0 Å². The standard InChI is InChI=1S/C17H21NO3/c1-12-7-6-8-13-15(12)21-14(18-13)11-17(16(19)20)9-4-2-3-5-10-17/h6-8H,2-5,9-11H2,1H3,(H,19,20). The average Bonchev–Trinajstić information content (AvgIpc) is 2.70. The number of aromatic nitrogens is 1. The van der Waals surface area contributed by atoms with Gasteiger partial charge in [0.05, 0.1) is 5.41 Å². The maximum absolute atomic E-state index is 11.8. The monoisotopic (exact) mass is 287 g/mol. The highest BCUT2D eigenvalue weighted by Gasteiger charge is 2.40. The summed E-state index contributed by atoms with van der Waals surface area (Å²) in [6, 6.07) is 5.84. The zero-order valence-corrected chi connectivity index (χ0v) is 12.4. The third-order valence-electron chi connectivity index (χ3n) is 4.66. The Morgan fingerprint density at radius 1 is 1.29 bits per heavy atom. The number of carbonyl (C=O) groups is 1. The molecule has 0 bridgehead atoms. The van der Waals surface area contributed by atoms with E-state index in [0.717, 1.165) is 55.2 Å². The van der Waals surface area contributed by atoms with Crippen molar-refractivity contribution in [3.63, 3.8) is 0 Å². The van der Waals surface area contributed by atoms with Crippen molar-refractivity contribution in [2.45, 2.75) is 51.9 Å². The van der Waals surface area contributed by atoms with Gasteiger partial charge in [-0.05, 0) is 31.4 Å². The Hall–Kier alpha value is -1.84. The molecule has 4 heteroatoms. The summed E-state index contributed by atoms with van der Waals surface area (Å²) in [5.41, 5.74) is 1.93. The quantitative estimate of drug-likeness (QED) is 0.863. The molecule has 0 atom stereocenters. The number of carboxylic acid groups (broad SMARTS) is 1. The first-order chi connectivity index (χ1) is 10.1. The van der Waals surface area contributed by atoms with Gasteiger partial charge < -0.3 is 9.52 Å². The van der Waals surface area contributed by atoms with Crippen LogP contribution in [0.25, 0.3) is 11.1 Å². The largest absolute Gasteiger partial charge is 0.481 e. The first kappa shape index (κ1) is 14.1. The van der Waals surface area contributed by atoms with Crippen molar-refractivity contribution in [3.8, 4) is 0 Å². The second-order valence-corrected chi connectivity index (χ2v) is 6.21. The highest BCUT2D eigenvalue weighted by Crippen LogP contribution is 2.39. The van der Waals surface area contributed by atoms with Crippen molar-refractivity contribution < 1.29 is 14.3 Å². The van der Waals surface area contributed by atoms with Crippen LogP contribution < -0.4 is 0 Å². The van der Waals surface area contributed by atoms with Crippen molar-refractivity contribution in [3.05, 3.63) is 29.7 Å². The lowest BCUT2D eigenvalue weighted by atomic mass is 9.77. The van der Waals surface area contributed by atoms with Gasteiger partial charge in [0.25, 0.3) is 0 Å². The van der Waals surface area contributed by atoms with Gasteiger partial charge in [0.15, 0.2) is 11.5 Å². The number of aliphatic carboxylic acids is 1. The molecule has 0 radical (unpaired) electrons. The minimum Gasteiger partial charge on any atom is -0.481 e. The average molecular weight is 287 g/mol. The predicted octanol–water partition coefficient (Wildman–Crippen LogP) is 4.10. The fourth-order valence-corrected chi connectivity index (χ4v) is 3.37. The van der Waals surface area contributed by atoms with Gasteiger partial charge in [-0.3, -0.25) is 4.79 Å². The van der Waals surface area contributed by atoms with Crippen LogP contribution in [0.1, 0.15) is 50.0 Å². The highest BCUT2D eigenvalue weighted by atomic mass is 16.4. The van der Waals surface area contributed by atoms with E-state index in [0.29, 0.717) is 12.3 Å². The number of nitrogens with zero attached hydrogens (tertiary/aromatic N) is 1. The normalized spacial score (nSPS) is 18.5. The van der Waals surface area contributed by atoms with Crippen LogP contribution in [0.4, 0.5) is 0 Å². The third-order valence-corrected chi connectivity index (χ3v) is 4.66. The van der Waals surface area contributed by atoms with E-state index in [2.05, 4.69) is 4.98 Å². The molecule has 21 heavy (non-hydrogen) atoms. The minimum absolute atomic E-state index is 0.399. The van der Waals surface area contributed by atoms with Gasteiger partial charge in [0.1, 0.15) is 5.52 Å². The Kier molecular flexibility index (Phi) is 3.70. The molecule has 0 amide bonds. The number of oxazole rings is 1. The van der Waals surface area contributed by atoms with Gasteiger partial charge in [-0.15, -0.1) is 0 Å². The molecule has 1 saturated carbocycles. The van der Waals surface area contributed by atoms with Gasteiger partial charge in [-0.2, -0.15) is 0 Å². The summed E-state index contributed by atoms with van der Waals surface area (Å²) in [4.78, 5) is 16.3. The SMILES string of the molecule is Cc1cccc2nc(CC3(C(=O)O)CCCCCC3)oc12. The van der Waals surface area contributed by atoms with E-state index in [9.17, 15) is 9.90 Å². The number of hydrogen-bond acceptors (Lipinski definition) is 3. The van der Waals surface area contributed by atoms with Crippen LogP contribution in [0.2, 0.25) is 0 Å². The molecule has 1 heterocycles. The molecule has 1 aliphatic rings. The lowest BCUT2D eigenvalue weighted by Gasteiger charge is -2.26. The number of carboxylic acids is 1. The minimum atomic E-state index is -0.705. The van der Waals surface area contributed by atoms with Crippen molar-refractivity contribution in [1.29, 1.82) is 0 Å². The van der Waals surface area contributed by atoms with E-state index in [4.69, 9.17) is 4.42 Å². The zero-order valence-electron chi connectivity index (χ0n) is 12.4. The van der Waals surface area contributed by atoms with Crippen LogP contribution in [0.3, 0.4) is 0 Å². The molecule has 0 aliphatic heterocycles. The fraction of sp³-hybridized carbons (Fsp3) is 0.529. The van der Waals surface area contributed by atoms with E-state index >= 15 is 0 Å². The van der Waals surface area contributed by atoms with E-state index in [1.54, 1.807) is 0 Å². The van der Waals surface area contributed by atoms with Gasteiger partial charge in [-0.25, -0.2) is 4.98 Å². The third kappa shape index (κ3) is 2.67. The molecule has 0 unspecified atom stereocenters. The molecular weight excluding hydrogens is 266 g/mol. The summed E-state index contributed by atoms with van der Waals surface area (Å²) < 4.78 is 5.84. The first-order valence-electron chi connectivity index (χ1n) is 7.69. The number of aryl methyl sites for hydroxylation is 1. The summed E-state index contributed by atoms with van der Waals surface area (Å²) in [7, 11) is 0. The van der Waals surface area contributed by atoms with Crippen LogP contribution in [0.5, 0.6) is 0 Å². The van der Waals surface area contributed by atoms with Crippen LogP contribution in [-0.4, -0.2) is 16.1 Å². The van der Waals surface area contributed by atoms with E-state index in [1.807, 2.05) is 25.1 Å². The van der Waals surface area contributed by atoms with Crippen molar-refractivity contribution in [2.75, 3.05) is 0 Å². The van der Waals surface area contributed by atoms with Crippen molar-refractivity contribution >= 4 is 17.1 Å². The smallest absolute Gasteiger partial charge is 0.310 e. The maximum Gasteiger partial charge on any atom is 0.310 e. The lowest BCUT2D eigenvalue weighted by molar-refractivity contribution is -0.150.